The average Bonchev–Trinajstić information content (AvgIpc) is 3.15. The second-order valence-corrected chi connectivity index (χ2v) is 7.32. The van der Waals surface area contributed by atoms with Gasteiger partial charge in [0.15, 0.2) is 0 Å². The van der Waals surface area contributed by atoms with Crippen LogP contribution in [0.15, 0.2) is 24.3 Å². The molecular formula is C20H28N4O. The lowest BCUT2D eigenvalue weighted by Crippen LogP contribution is -2.50. The Morgan fingerprint density at radius 2 is 1.88 bits per heavy atom. The molecule has 3 rings (SSSR count). The zero-order valence-corrected chi connectivity index (χ0v) is 15.0. The molecule has 1 heterocycles. The molecule has 2 fully saturated rings. The Morgan fingerprint density at radius 3 is 2.56 bits per heavy atom. The monoisotopic (exact) mass is 340 g/mol. The van der Waals surface area contributed by atoms with E-state index in [0.717, 1.165) is 25.9 Å². The van der Waals surface area contributed by atoms with Crippen molar-refractivity contribution in [2.45, 2.75) is 63.6 Å². The molecule has 2 aliphatic rings. The highest BCUT2D eigenvalue weighted by Crippen LogP contribution is 2.21. The van der Waals surface area contributed by atoms with Gasteiger partial charge in [0.2, 0.25) is 5.91 Å². The molecule has 5 heteroatoms. The molecule has 0 spiro atoms. The van der Waals surface area contributed by atoms with Crippen LogP contribution in [-0.4, -0.2) is 42.0 Å². The van der Waals surface area contributed by atoms with E-state index < -0.39 is 0 Å². The number of likely N-dealkylation sites (tertiary alicyclic amines) is 1. The second kappa shape index (κ2) is 8.46. The Labute approximate surface area is 150 Å². The molecular weight excluding hydrogens is 312 g/mol. The molecule has 25 heavy (non-hydrogen) atoms. The summed E-state index contributed by atoms with van der Waals surface area (Å²) in [5.41, 5.74) is 1.25. The zero-order chi connectivity index (χ0) is 17.6. The van der Waals surface area contributed by atoms with Crippen LogP contribution in [0.5, 0.6) is 0 Å². The minimum absolute atomic E-state index is 0.00251. The van der Waals surface area contributed by atoms with Gasteiger partial charge < -0.3 is 10.6 Å². The molecule has 1 unspecified atom stereocenters. The van der Waals surface area contributed by atoms with Crippen molar-refractivity contribution >= 4 is 11.6 Å². The van der Waals surface area contributed by atoms with Gasteiger partial charge >= 0.3 is 0 Å². The van der Waals surface area contributed by atoms with Crippen LogP contribution in [0.1, 0.15) is 51.0 Å². The Balaban J connectivity index is 1.47. The van der Waals surface area contributed by atoms with E-state index in [1.54, 1.807) is 18.2 Å². The van der Waals surface area contributed by atoms with Gasteiger partial charge in [-0.25, -0.2) is 0 Å². The van der Waals surface area contributed by atoms with Crippen LogP contribution in [0.3, 0.4) is 0 Å². The fraction of sp³-hybridized carbons (Fsp3) is 0.600. The van der Waals surface area contributed by atoms with Crippen LogP contribution in [0.25, 0.3) is 0 Å². The lowest BCUT2D eigenvalue weighted by atomic mass is 10.0. The minimum atomic E-state index is -0.154. The van der Waals surface area contributed by atoms with Gasteiger partial charge in [0, 0.05) is 30.9 Å². The van der Waals surface area contributed by atoms with Crippen molar-refractivity contribution in [2.75, 3.05) is 18.4 Å². The van der Waals surface area contributed by atoms with E-state index in [-0.39, 0.29) is 11.9 Å². The normalized spacial score (nSPS) is 21.0. The third kappa shape index (κ3) is 4.81. The SMILES string of the molecule is CC(C(=O)Nc1cccc(C#N)c1)N1CCC(NC2CCCC2)CC1. The lowest BCUT2D eigenvalue weighted by molar-refractivity contribution is -0.121. The molecule has 1 amide bonds. The largest absolute Gasteiger partial charge is 0.325 e. The molecule has 5 nitrogen and oxygen atoms in total. The summed E-state index contributed by atoms with van der Waals surface area (Å²) < 4.78 is 0. The summed E-state index contributed by atoms with van der Waals surface area (Å²) in [5.74, 6) is -0.00251. The number of carbonyl (C=O) groups excluding carboxylic acids is 1. The highest BCUT2D eigenvalue weighted by atomic mass is 16.2. The van der Waals surface area contributed by atoms with Crippen molar-refractivity contribution in [3.8, 4) is 6.07 Å². The summed E-state index contributed by atoms with van der Waals surface area (Å²) in [5, 5.41) is 15.7. The maximum absolute atomic E-state index is 12.5. The van der Waals surface area contributed by atoms with Gasteiger partial charge in [0.1, 0.15) is 0 Å². The fourth-order valence-electron chi connectivity index (χ4n) is 3.96. The average molecular weight is 340 g/mol. The summed E-state index contributed by atoms with van der Waals surface area (Å²) >= 11 is 0. The van der Waals surface area contributed by atoms with E-state index in [1.165, 1.54) is 25.7 Å². The first-order chi connectivity index (χ1) is 12.2. The standard InChI is InChI=1S/C20H28N4O/c1-15(20(25)23-19-8-4-5-16(13-19)14-21)24-11-9-18(10-12-24)22-17-6-2-3-7-17/h4-5,8,13,15,17-18,22H,2-3,6-7,9-12H2,1H3,(H,23,25). The first-order valence-electron chi connectivity index (χ1n) is 9.47. The van der Waals surface area contributed by atoms with Crippen molar-refractivity contribution in [1.29, 1.82) is 5.26 Å². The number of rotatable bonds is 5. The number of piperidine rings is 1. The van der Waals surface area contributed by atoms with Crippen molar-refractivity contribution in [3.63, 3.8) is 0 Å². The third-order valence-corrected chi connectivity index (χ3v) is 5.54. The molecule has 1 saturated carbocycles. The van der Waals surface area contributed by atoms with Gasteiger partial charge in [-0.2, -0.15) is 5.26 Å². The van der Waals surface area contributed by atoms with Gasteiger partial charge in [0.25, 0.3) is 0 Å². The number of anilines is 1. The molecule has 0 bridgehead atoms. The summed E-state index contributed by atoms with van der Waals surface area (Å²) in [7, 11) is 0. The van der Waals surface area contributed by atoms with E-state index >= 15 is 0 Å². The number of hydrogen-bond acceptors (Lipinski definition) is 4. The van der Waals surface area contributed by atoms with Crippen molar-refractivity contribution in [1.82, 2.24) is 10.2 Å². The molecule has 2 N–H and O–H groups in total. The number of nitriles is 1. The number of hydrogen-bond donors (Lipinski definition) is 2. The second-order valence-electron chi connectivity index (χ2n) is 7.32. The molecule has 1 atom stereocenters. The van der Waals surface area contributed by atoms with Crippen LogP contribution in [0.2, 0.25) is 0 Å². The molecule has 1 aromatic rings. The van der Waals surface area contributed by atoms with Crippen LogP contribution in [0, 0.1) is 11.3 Å². The maximum atomic E-state index is 12.5. The number of nitrogens with one attached hydrogen (secondary N) is 2. The fourth-order valence-corrected chi connectivity index (χ4v) is 3.96. The van der Waals surface area contributed by atoms with Gasteiger partial charge in [-0.1, -0.05) is 18.9 Å². The minimum Gasteiger partial charge on any atom is -0.325 e. The van der Waals surface area contributed by atoms with E-state index in [9.17, 15) is 4.79 Å². The summed E-state index contributed by atoms with van der Waals surface area (Å²) in [4.78, 5) is 14.8. The quantitative estimate of drug-likeness (QED) is 0.865. The molecule has 1 saturated heterocycles. The lowest BCUT2D eigenvalue weighted by Gasteiger charge is -2.36. The third-order valence-electron chi connectivity index (χ3n) is 5.54. The molecule has 1 aromatic carbocycles. The Morgan fingerprint density at radius 1 is 1.20 bits per heavy atom. The van der Waals surface area contributed by atoms with Gasteiger partial charge in [-0.15, -0.1) is 0 Å². The number of carbonyl (C=O) groups is 1. The number of benzene rings is 1. The predicted molar refractivity (Wildman–Crippen MR) is 99.2 cm³/mol. The van der Waals surface area contributed by atoms with Crippen LogP contribution < -0.4 is 10.6 Å². The molecule has 1 aliphatic carbocycles. The van der Waals surface area contributed by atoms with E-state index in [1.807, 2.05) is 13.0 Å². The molecule has 134 valence electrons. The van der Waals surface area contributed by atoms with Crippen LogP contribution in [0.4, 0.5) is 5.69 Å². The Kier molecular flexibility index (Phi) is 6.06. The smallest absolute Gasteiger partial charge is 0.241 e. The highest BCUT2D eigenvalue weighted by molar-refractivity contribution is 5.94. The summed E-state index contributed by atoms with van der Waals surface area (Å²) in [6.07, 6.45) is 7.58. The van der Waals surface area contributed by atoms with Crippen molar-refractivity contribution in [2.24, 2.45) is 0 Å². The number of nitrogens with zero attached hydrogens (tertiary/aromatic N) is 2. The highest BCUT2D eigenvalue weighted by Gasteiger charge is 2.28. The maximum Gasteiger partial charge on any atom is 0.241 e. The van der Waals surface area contributed by atoms with Crippen LogP contribution in [-0.2, 0) is 4.79 Å². The van der Waals surface area contributed by atoms with E-state index in [0.29, 0.717) is 23.3 Å². The number of amides is 1. The molecule has 0 aromatic heterocycles. The van der Waals surface area contributed by atoms with Gasteiger partial charge in [-0.3, -0.25) is 9.69 Å². The topological polar surface area (TPSA) is 68.2 Å². The van der Waals surface area contributed by atoms with Gasteiger partial charge in [-0.05, 0) is 50.8 Å². The van der Waals surface area contributed by atoms with Crippen LogP contribution >= 0.6 is 0 Å². The van der Waals surface area contributed by atoms with Gasteiger partial charge in [0.05, 0.1) is 17.7 Å². The molecule has 1 aliphatic heterocycles. The van der Waals surface area contributed by atoms with Crippen molar-refractivity contribution in [3.05, 3.63) is 29.8 Å². The van der Waals surface area contributed by atoms with E-state index in [4.69, 9.17) is 5.26 Å². The Bertz CT molecular complexity index is 625. The summed E-state index contributed by atoms with van der Waals surface area (Å²) in [6, 6.07) is 10.3. The Hall–Kier alpha value is -1.90. The van der Waals surface area contributed by atoms with E-state index in [2.05, 4.69) is 21.6 Å². The van der Waals surface area contributed by atoms with Crippen molar-refractivity contribution < 1.29 is 4.79 Å². The summed E-state index contributed by atoms with van der Waals surface area (Å²) in [6.45, 7) is 3.88. The molecule has 0 radical (unpaired) electrons. The zero-order valence-electron chi connectivity index (χ0n) is 15.0. The first kappa shape index (κ1) is 17.9. The first-order valence-corrected chi connectivity index (χ1v) is 9.47. The predicted octanol–water partition coefficient (Wildman–Crippen LogP) is 2.88.